The third kappa shape index (κ3) is 3.63. The van der Waals surface area contributed by atoms with Gasteiger partial charge < -0.3 is 15.0 Å². The van der Waals surface area contributed by atoms with E-state index in [1.54, 1.807) is 31.3 Å². The normalized spacial score (nSPS) is 9.91. The van der Waals surface area contributed by atoms with Gasteiger partial charge in [-0.15, -0.1) is 0 Å². The maximum Gasteiger partial charge on any atom is 0.255 e. The van der Waals surface area contributed by atoms with Crippen molar-refractivity contribution in [2.75, 3.05) is 25.6 Å². The van der Waals surface area contributed by atoms with E-state index in [1.165, 1.54) is 12.0 Å². The van der Waals surface area contributed by atoms with Gasteiger partial charge in [0, 0.05) is 12.7 Å². The number of ether oxygens (including phenoxy) is 1. The highest BCUT2D eigenvalue weighted by Crippen LogP contribution is 2.17. The van der Waals surface area contributed by atoms with Crippen LogP contribution < -0.4 is 15.0 Å². The molecule has 2 aromatic carbocycles. The van der Waals surface area contributed by atoms with E-state index in [0.29, 0.717) is 11.3 Å². The van der Waals surface area contributed by atoms with Crippen LogP contribution >= 0.6 is 0 Å². The second kappa shape index (κ2) is 7.26. The van der Waals surface area contributed by atoms with E-state index in [4.69, 9.17) is 4.74 Å². The quantitative estimate of drug-likeness (QED) is 0.919. The van der Waals surface area contributed by atoms with Crippen LogP contribution in [0.4, 0.5) is 5.69 Å². The average Bonchev–Trinajstić information content (AvgIpc) is 2.59. The third-order valence-electron chi connectivity index (χ3n) is 3.27. The Balaban J connectivity index is 1.97. The lowest BCUT2D eigenvalue weighted by Gasteiger charge is -2.17. The SMILES string of the molecule is COc1ccccc1C(=O)NCC(=O)N(C)c1ccccc1. The summed E-state index contributed by atoms with van der Waals surface area (Å²) in [7, 11) is 3.17. The Labute approximate surface area is 129 Å². The molecular weight excluding hydrogens is 280 g/mol. The molecule has 5 heteroatoms. The van der Waals surface area contributed by atoms with Crippen molar-refractivity contribution < 1.29 is 14.3 Å². The first-order valence-electron chi connectivity index (χ1n) is 6.86. The second-order valence-corrected chi connectivity index (χ2v) is 4.67. The Hall–Kier alpha value is -2.82. The van der Waals surface area contributed by atoms with Crippen molar-refractivity contribution in [3.8, 4) is 5.75 Å². The molecular formula is C17H18N2O3. The number of amides is 2. The van der Waals surface area contributed by atoms with Gasteiger partial charge in [0.15, 0.2) is 0 Å². The number of carbonyl (C=O) groups excluding carboxylic acids is 2. The fourth-order valence-corrected chi connectivity index (χ4v) is 2.00. The minimum atomic E-state index is -0.340. The van der Waals surface area contributed by atoms with Crippen molar-refractivity contribution in [2.24, 2.45) is 0 Å². The number of nitrogens with one attached hydrogen (secondary N) is 1. The van der Waals surface area contributed by atoms with Crippen LogP contribution in [0.2, 0.25) is 0 Å². The molecule has 0 spiro atoms. The van der Waals surface area contributed by atoms with Gasteiger partial charge in [-0.2, -0.15) is 0 Å². The summed E-state index contributed by atoms with van der Waals surface area (Å²) in [6.07, 6.45) is 0. The molecule has 0 aromatic heterocycles. The monoisotopic (exact) mass is 298 g/mol. The molecule has 0 saturated heterocycles. The summed E-state index contributed by atoms with van der Waals surface area (Å²) in [5, 5.41) is 2.61. The molecule has 0 radical (unpaired) electrons. The lowest BCUT2D eigenvalue weighted by atomic mass is 10.2. The van der Waals surface area contributed by atoms with Gasteiger partial charge in [0.05, 0.1) is 19.2 Å². The highest BCUT2D eigenvalue weighted by molar-refractivity contribution is 6.01. The van der Waals surface area contributed by atoms with Gasteiger partial charge in [-0.1, -0.05) is 30.3 Å². The lowest BCUT2D eigenvalue weighted by Crippen LogP contribution is -2.38. The Bertz CT molecular complexity index is 656. The predicted molar refractivity (Wildman–Crippen MR) is 85.2 cm³/mol. The standard InChI is InChI=1S/C17H18N2O3/c1-19(13-8-4-3-5-9-13)16(20)12-18-17(21)14-10-6-7-11-15(14)22-2/h3-11H,12H2,1-2H3,(H,18,21). The van der Waals surface area contributed by atoms with E-state index in [2.05, 4.69) is 5.32 Å². The Morgan fingerprint density at radius 2 is 1.68 bits per heavy atom. The zero-order valence-corrected chi connectivity index (χ0v) is 12.6. The van der Waals surface area contributed by atoms with Crippen LogP contribution in [0.1, 0.15) is 10.4 Å². The number of hydrogen-bond acceptors (Lipinski definition) is 3. The number of hydrogen-bond donors (Lipinski definition) is 1. The number of likely N-dealkylation sites (N-methyl/N-ethyl adjacent to an activating group) is 1. The fraction of sp³-hybridized carbons (Fsp3) is 0.176. The summed E-state index contributed by atoms with van der Waals surface area (Å²) in [4.78, 5) is 25.7. The molecule has 114 valence electrons. The molecule has 0 atom stereocenters. The van der Waals surface area contributed by atoms with Crippen molar-refractivity contribution in [2.45, 2.75) is 0 Å². The van der Waals surface area contributed by atoms with Crippen molar-refractivity contribution in [1.29, 1.82) is 0 Å². The molecule has 0 unspecified atom stereocenters. The van der Waals surface area contributed by atoms with Gasteiger partial charge >= 0.3 is 0 Å². The second-order valence-electron chi connectivity index (χ2n) is 4.67. The summed E-state index contributed by atoms with van der Waals surface area (Å²) in [5.74, 6) is -0.0643. The smallest absolute Gasteiger partial charge is 0.255 e. The molecule has 22 heavy (non-hydrogen) atoms. The van der Waals surface area contributed by atoms with Gasteiger partial charge in [0.1, 0.15) is 5.75 Å². The first kappa shape index (κ1) is 15.6. The Kier molecular flexibility index (Phi) is 5.14. The maximum absolute atomic E-state index is 12.1. The van der Waals surface area contributed by atoms with Crippen LogP contribution in [-0.4, -0.2) is 32.5 Å². The summed E-state index contributed by atoms with van der Waals surface area (Å²) >= 11 is 0. The zero-order chi connectivity index (χ0) is 15.9. The van der Waals surface area contributed by atoms with Crippen LogP contribution in [0.3, 0.4) is 0 Å². The molecule has 0 aliphatic rings. The van der Waals surface area contributed by atoms with Crippen LogP contribution in [0, 0.1) is 0 Å². The van der Waals surface area contributed by atoms with E-state index >= 15 is 0 Å². The van der Waals surface area contributed by atoms with Crippen molar-refractivity contribution in [1.82, 2.24) is 5.32 Å². The number of rotatable bonds is 5. The lowest BCUT2D eigenvalue weighted by molar-refractivity contribution is -0.117. The molecule has 2 rings (SSSR count). The van der Waals surface area contributed by atoms with E-state index < -0.39 is 0 Å². The molecule has 0 bridgehead atoms. The first-order chi connectivity index (χ1) is 10.6. The maximum atomic E-state index is 12.1. The van der Waals surface area contributed by atoms with Crippen LogP contribution in [-0.2, 0) is 4.79 Å². The largest absolute Gasteiger partial charge is 0.496 e. The van der Waals surface area contributed by atoms with E-state index in [0.717, 1.165) is 5.69 Å². The van der Waals surface area contributed by atoms with Gasteiger partial charge in [0.25, 0.3) is 5.91 Å². The molecule has 2 amide bonds. The van der Waals surface area contributed by atoms with Crippen molar-refractivity contribution in [3.63, 3.8) is 0 Å². The molecule has 0 saturated carbocycles. The van der Waals surface area contributed by atoms with Gasteiger partial charge in [0.2, 0.25) is 5.91 Å². The molecule has 0 aliphatic heterocycles. The Morgan fingerprint density at radius 3 is 2.36 bits per heavy atom. The minimum Gasteiger partial charge on any atom is -0.496 e. The third-order valence-corrected chi connectivity index (χ3v) is 3.27. The van der Waals surface area contributed by atoms with Gasteiger partial charge in [-0.05, 0) is 24.3 Å². The number of para-hydroxylation sites is 2. The highest BCUT2D eigenvalue weighted by atomic mass is 16.5. The van der Waals surface area contributed by atoms with E-state index in [-0.39, 0.29) is 18.4 Å². The number of anilines is 1. The van der Waals surface area contributed by atoms with Crippen LogP contribution in [0.25, 0.3) is 0 Å². The number of methoxy groups -OCH3 is 1. The molecule has 1 N–H and O–H groups in total. The summed E-state index contributed by atoms with van der Waals surface area (Å²) < 4.78 is 5.13. The predicted octanol–water partition coefficient (Wildman–Crippen LogP) is 2.09. The van der Waals surface area contributed by atoms with Crippen LogP contribution in [0.15, 0.2) is 54.6 Å². The Morgan fingerprint density at radius 1 is 1.05 bits per heavy atom. The molecule has 2 aromatic rings. The summed E-state index contributed by atoms with van der Waals surface area (Å²) in [6, 6.07) is 16.1. The van der Waals surface area contributed by atoms with Crippen molar-refractivity contribution >= 4 is 17.5 Å². The van der Waals surface area contributed by atoms with Crippen molar-refractivity contribution in [3.05, 3.63) is 60.2 Å². The molecule has 5 nitrogen and oxygen atoms in total. The molecule has 0 aliphatic carbocycles. The summed E-state index contributed by atoms with van der Waals surface area (Å²) in [5.41, 5.74) is 1.18. The number of carbonyl (C=O) groups is 2. The van der Waals surface area contributed by atoms with E-state index in [9.17, 15) is 9.59 Å². The average molecular weight is 298 g/mol. The minimum absolute atomic E-state index is 0.0811. The molecule has 0 heterocycles. The van der Waals surface area contributed by atoms with Gasteiger partial charge in [-0.25, -0.2) is 0 Å². The summed E-state index contributed by atoms with van der Waals surface area (Å²) in [6.45, 7) is -0.0811. The topological polar surface area (TPSA) is 58.6 Å². The zero-order valence-electron chi connectivity index (χ0n) is 12.6. The molecule has 0 fully saturated rings. The highest BCUT2D eigenvalue weighted by Gasteiger charge is 2.15. The van der Waals surface area contributed by atoms with E-state index in [1.807, 2.05) is 30.3 Å². The number of nitrogens with zero attached hydrogens (tertiary/aromatic N) is 1. The number of benzene rings is 2. The van der Waals surface area contributed by atoms with Gasteiger partial charge in [-0.3, -0.25) is 9.59 Å². The van der Waals surface area contributed by atoms with Crippen LogP contribution in [0.5, 0.6) is 5.75 Å². The first-order valence-corrected chi connectivity index (χ1v) is 6.86. The fourth-order valence-electron chi connectivity index (χ4n) is 2.00.